The van der Waals surface area contributed by atoms with Crippen molar-refractivity contribution in [2.24, 2.45) is 5.73 Å². The number of rotatable bonds is 5. The van der Waals surface area contributed by atoms with Gasteiger partial charge in [-0.25, -0.2) is 0 Å². The van der Waals surface area contributed by atoms with Crippen molar-refractivity contribution in [2.45, 2.75) is 18.8 Å². The fourth-order valence-electron chi connectivity index (χ4n) is 2.08. The molecule has 122 valence electrons. The Kier molecular flexibility index (Phi) is 4.90. The third-order valence-corrected chi connectivity index (χ3v) is 3.15. The van der Waals surface area contributed by atoms with E-state index >= 15 is 0 Å². The predicted molar refractivity (Wildman–Crippen MR) is 77.9 cm³/mol. The zero-order chi connectivity index (χ0) is 17.0. The van der Waals surface area contributed by atoms with Crippen molar-refractivity contribution >= 4 is 5.97 Å². The number of benzene rings is 2. The van der Waals surface area contributed by atoms with Crippen LogP contribution in [0.5, 0.6) is 5.75 Å². The molecule has 0 heterocycles. The molecular formula is C16H14F3NO3. The number of alkyl halides is 3. The largest absolute Gasteiger partial charge is 0.573 e. The van der Waals surface area contributed by atoms with E-state index in [0.29, 0.717) is 16.7 Å². The summed E-state index contributed by atoms with van der Waals surface area (Å²) in [5.41, 5.74) is 6.94. The van der Waals surface area contributed by atoms with Gasteiger partial charge in [-0.3, -0.25) is 4.79 Å². The van der Waals surface area contributed by atoms with Gasteiger partial charge in [0.25, 0.3) is 0 Å². The van der Waals surface area contributed by atoms with Crippen molar-refractivity contribution < 1.29 is 27.8 Å². The SMILES string of the molecule is N[C@@H](Cc1ccc(-c2ccccc2OC(F)(F)F)cc1)C(=O)O. The summed E-state index contributed by atoms with van der Waals surface area (Å²) in [4.78, 5) is 10.7. The molecule has 0 bridgehead atoms. The van der Waals surface area contributed by atoms with Crippen molar-refractivity contribution in [2.75, 3.05) is 0 Å². The standard InChI is InChI=1S/C16H14F3NO3/c17-16(18,19)23-14-4-2-1-3-12(14)11-7-5-10(6-8-11)9-13(20)15(21)22/h1-8,13H,9,20H2,(H,21,22)/t13-/m0/s1. The number of hydrogen-bond donors (Lipinski definition) is 2. The Bertz CT molecular complexity index is 684. The first-order valence-corrected chi connectivity index (χ1v) is 6.69. The molecule has 0 aliphatic carbocycles. The van der Waals surface area contributed by atoms with Crippen LogP contribution in [0.25, 0.3) is 11.1 Å². The zero-order valence-corrected chi connectivity index (χ0v) is 11.9. The van der Waals surface area contributed by atoms with Gasteiger partial charge < -0.3 is 15.6 Å². The summed E-state index contributed by atoms with van der Waals surface area (Å²) in [7, 11) is 0. The first-order chi connectivity index (χ1) is 10.8. The Labute approximate surface area is 130 Å². The highest BCUT2D eigenvalue weighted by atomic mass is 19.4. The van der Waals surface area contributed by atoms with Gasteiger partial charge in [0.2, 0.25) is 0 Å². The van der Waals surface area contributed by atoms with Crippen LogP contribution in [0.3, 0.4) is 0 Å². The Morgan fingerprint density at radius 2 is 1.74 bits per heavy atom. The van der Waals surface area contributed by atoms with E-state index in [2.05, 4.69) is 4.74 Å². The van der Waals surface area contributed by atoms with Gasteiger partial charge in [-0.2, -0.15) is 0 Å². The van der Waals surface area contributed by atoms with Crippen LogP contribution < -0.4 is 10.5 Å². The third kappa shape index (κ3) is 4.72. The van der Waals surface area contributed by atoms with Gasteiger partial charge in [0.15, 0.2) is 0 Å². The topological polar surface area (TPSA) is 72.5 Å². The Balaban J connectivity index is 2.24. The quantitative estimate of drug-likeness (QED) is 0.885. The average molecular weight is 325 g/mol. The number of carbonyl (C=O) groups is 1. The highest BCUT2D eigenvalue weighted by Crippen LogP contribution is 2.33. The molecular weight excluding hydrogens is 311 g/mol. The van der Waals surface area contributed by atoms with E-state index < -0.39 is 18.4 Å². The summed E-state index contributed by atoms with van der Waals surface area (Å²) in [6, 6.07) is 11.2. The molecule has 23 heavy (non-hydrogen) atoms. The van der Waals surface area contributed by atoms with Gasteiger partial charge in [0.05, 0.1) is 0 Å². The first-order valence-electron chi connectivity index (χ1n) is 6.69. The lowest BCUT2D eigenvalue weighted by Gasteiger charge is -2.13. The number of halogens is 3. The molecule has 0 aliphatic heterocycles. The van der Waals surface area contributed by atoms with Crippen LogP contribution in [0, 0.1) is 0 Å². The molecule has 0 unspecified atom stereocenters. The Hall–Kier alpha value is -2.54. The van der Waals surface area contributed by atoms with Crippen LogP contribution >= 0.6 is 0 Å². The Morgan fingerprint density at radius 3 is 2.30 bits per heavy atom. The number of ether oxygens (including phenoxy) is 1. The number of aliphatic carboxylic acids is 1. The maximum atomic E-state index is 12.4. The van der Waals surface area contributed by atoms with Gasteiger partial charge in [-0.05, 0) is 23.6 Å². The van der Waals surface area contributed by atoms with Crippen LogP contribution in [0.2, 0.25) is 0 Å². The van der Waals surface area contributed by atoms with E-state index in [1.54, 1.807) is 30.3 Å². The van der Waals surface area contributed by atoms with Crippen LogP contribution in [0.4, 0.5) is 13.2 Å². The molecule has 0 fully saturated rings. The number of hydrogen-bond acceptors (Lipinski definition) is 3. The second-order valence-electron chi connectivity index (χ2n) is 4.89. The summed E-state index contributed by atoms with van der Waals surface area (Å²) in [5, 5.41) is 8.77. The number of carboxylic acids is 1. The van der Waals surface area contributed by atoms with Crippen LogP contribution in [0.1, 0.15) is 5.56 Å². The van der Waals surface area contributed by atoms with Gasteiger partial charge in [-0.1, -0.05) is 42.5 Å². The molecule has 3 N–H and O–H groups in total. The molecule has 0 aromatic heterocycles. The smallest absolute Gasteiger partial charge is 0.480 e. The van der Waals surface area contributed by atoms with E-state index in [0.717, 1.165) is 0 Å². The predicted octanol–water partition coefficient (Wildman–Crippen LogP) is 3.21. The maximum Gasteiger partial charge on any atom is 0.573 e. The monoisotopic (exact) mass is 325 g/mol. The molecule has 1 atom stereocenters. The average Bonchev–Trinajstić information content (AvgIpc) is 2.47. The van der Waals surface area contributed by atoms with E-state index in [1.807, 2.05) is 0 Å². The van der Waals surface area contributed by atoms with Gasteiger partial charge in [-0.15, -0.1) is 13.2 Å². The minimum Gasteiger partial charge on any atom is -0.480 e. The molecule has 0 aliphatic rings. The molecule has 2 aromatic rings. The molecule has 0 spiro atoms. The first kappa shape index (κ1) is 16.8. The highest BCUT2D eigenvalue weighted by molar-refractivity contribution is 5.74. The second kappa shape index (κ2) is 6.70. The lowest BCUT2D eigenvalue weighted by Crippen LogP contribution is -2.32. The molecule has 4 nitrogen and oxygen atoms in total. The van der Waals surface area contributed by atoms with Gasteiger partial charge in [0, 0.05) is 5.56 Å². The zero-order valence-electron chi connectivity index (χ0n) is 11.9. The molecule has 0 saturated heterocycles. The lowest BCUT2D eigenvalue weighted by molar-refractivity contribution is -0.274. The molecule has 2 rings (SSSR count). The second-order valence-corrected chi connectivity index (χ2v) is 4.89. The molecule has 0 radical (unpaired) electrons. The number of carboxylic acid groups (broad SMARTS) is 1. The summed E-state index contributed by atoms with van der Waals surface area (Å²) >= 11 is 0. The minimum atomic E-state index is -4.77. The highest BCUT2D eigenvalue weighted by Gasteiger charge is 2.32. The summed E-state index contributed by atoms with van der Waals surface area (Å²) < 4.78 is 41.3. The van der Waals surface area contributed by atoms with Crippen molar-refractivity contribution in [3.8, 4) is 16.9 Å². The van der Waals surface area contributed by atoms with Gasteiger partial charge in [0.1, 0.15) is 11.8 Å². The van der Waals surface area contributed by atoms with Crippen molar-refractivity contribution in [3.05, 3.63) is 54.1 Å². The Morgan fingerprint density at radius 1 is 1.13 bits per heavy atom. The van der Waals surface area contributed by atoms with E-state index in [-0.39, 0.29) is 12.2 Å². The normalized spacial score (nSPS) is 12.7. The van der Waals surface area contributed by atoms with Crippen molar-refractivity contribution in [1.29, 1.82) is 0 Å². The molecule has 0 amide bonds. The fraction of sp³-hybridized carbons (Fsp3) is 0.188. The summed E-state index contributed by atoms with van der Waals surface area (Å²) in [6.07, 6.45) is -4.64. The van der Waals surface area contributed by atoms with E-state index in [4.69, 9.17) is 10.8 Å². The maximum absolute atomic E-state index is 12.4. The third-order valence-electron chi connectivity index (χ3n) is 3.15. The minimum absolute atomic E-state index is 0.135. The summed E-state index contributed by atoms with van der Waals surface area (Å²) in [6.45, 7) is 0. The molecule has 0 saturated carbocycles. The van der Waals surface area contributed by atoms with E-state index in [9.17, 15) is 18.0 Å². The van der Waals surface area contributed by atoms with Crippen LogP contribution in [-0.4, -0.2) is 23.5 Å². The molecule has 7 heteroatoms. The lowest BCUT2D eigenvalue weighted by atomic mass is 10.0. The van der Waals surface area contributed by atoms with E-state index in [1.165, 1.54) is 18.2 Å². The van der Waals surface area contributed by atoms with Crippen LogP contribution in [-0.2, 0) is 11.2 Å². The fourth-order valence-corrected chi connectivity index (χ4v) is 2.08. The van der Waals surface area contributed by atoms with Gasteiger partial charge >= 0.3 is 12.3 Å². The number of nitrogens with two attached hydrogens (primary N) is 1. The molecule has 2 aromatic carbocycles. The van der Waals surface area contributed by atoms with Crippen molar-refractivity contribution in [1.82, 2.24) is 0 Å². The van der Waals surface area contributed by atoms with Crippen molar-refractivity contribution in [3.63, 3.8) is 0 Å². The van der Waals surface area contributed by atoms with Crippen LogP contribution in [0.15, 0.2) is 48.5 Å². The summed E-state index contributed by atoms with van der Waals surface area (Å²) in [5.74, 6) is -1.41. The number of para-hydroxylation sites is 1.